The number of nitrogens with zero attached hydrogens (tertiary/aromatic N) is 1. The van der Waals surface area contributed by atoms with Crippen LogP contribution in [-0.2, 0) is 0 Å². The number of rotatable bonds is 3. The lowest BCUT2D eigenvalue weighted by Gasteiger charge is -1.99. The highest BCUT2D eigenvalue weighted by Gasteiger charge is 2.02. The second-order valence-electron chi connectivity index (χ2n) is 3.76. The second-order valence-corrected chi connectivity index (χ2v) is 5.11. The fourth-order valence-corrected chi connectivity index (χ4v) is 1.77. The van der Waals surface area contributed by atoms with Crippen LogP contribution in [0, 0.1) is 0 Å². The SMILES string of the molecule is O=C(NN=Cc1ccc(Cl)cc1)c1ccc(Br)cc1. The highest BCUT2D eigenvalue weighted by atomic mass is 79.9. The van der Waals surface area contributed by atoms with Gasteiger partial charge < -0.3 is 0 Å². The highest BCUT2D eigenvalue weighted by molar-refractivity contribution is 9.10. The van der Waals surface area contributed by atoms with Crippen molar-refractivity contribution in [3.8, 4) is 0 Å². The summed E-state index contributed by atoms with van der Waals surface area (Å²) in [6.45, 7) is 0. The molecule has 0 aliphatic heterocycles. The monoisotopic (exact) mass is 336 g/mol. The number of hydrogen-bond donors (Lipinski definition) is 1. The molecule has 0 spiro atoms. The minimum absolute atomic E-state index is 0.252. The van der Waals surface area contributed by atoms with Crippen molar-refractivity contribution in [3.05, 3.63) is 69.2 Å². The molecular formula is C14H10BrClN2O. The zero-order valence-corrected chi connectivity index (χ0v) is 12.1. The molecule has 2 rings (SSSR count). The molecule has 0 bridgehead atoms. The van der Waals surface area contributed by atoms with Crippen LogP contribution in [0.25, 0.3) is 0 Å². The van der Waals surface area contributed by atoms with E-state index in [1.807, 2.05) is 12.1 Å². The summed E-state index contributed by atoms with van der Waals surface area (Å²) in [5.74, 6) is -0.252. The molecule has 0 saturated heterocycles. The summed E-state index contributed by atoms with van der Waals surface area (Å²) in [5.41, 5.74) is 3.88. The molecule has 19 heavy (non-hydrogen) atoms. The lowest BCUT2D eigenvalue weighted by Crippen LogP contribution is -2.17. The molecule has 0 aliphatic carbocycles. The topological polar surface area (TPSA) is 41.5 Å². The van der Waals surface area contributed by atoms with Crippen LogP contribution in [0.2, 0.25) is 5.02 Å². The first-order chi connectivity index (χ1) is 9.15. The fraction of sp³-hybridized carbons (Fsp3) is 0. The zero-order valence-electron chi connectivity index (χ0n) is 9.81. The molecular weight excluding hydrogens is 328 g/mol. The number of amides is 1. The average molecular weight is 338 g/mol. The van der Waals surface area contributed by atoms with E-state index in [-0.39, 0.29) is 5.91 Å². The van der Waals surface area contributed by atoms with Gasteiger partial charge in [-0.15, -0.1) is 0 Å². The van der Waals surface area contributed by atoms with E-state index in [0.717, 1.165) is 10.0 Å². The van der Waals surface area contributed by atoms with Crippen LogP contribution < -0.4 is 5.43 Å². The first kappa shape index (κ1) is 13.8. The van der Waals surface area contributed by atoms with Gasteiger partial charge in [0.15, 0.2) is 0 Å². The number of halogens is 2. The lowest BCUT2D eigenvalue weighted by molar-refractivity contribution is 0.0955. The maximum absolute atomic E-state index is 11.7. The van der Waals surface area contributed by atoms with Gasteiger partial charge in [0, 0.05) is 15.1 Å². The first-order valence-electron chi connectivity index (χ1n) is 5.50. The third-order valence-electron chi connectivity index (χ3n) is 2.36. The fourth-order valence-electron chi connectivity index (χ4n) is 1.38. The minimum Gasteiger partial charge on any atom is -0.267 e. The van der Waals surface area contributed by atoms with Gasteiger partial charge in [0.2, 0.25) is 0 Å². The summed E-state index contributed by atoms with van der Waals surface area (Å²) in [5, 5.41) is 4.55. The Hall–Kier alpha value is -1.65. The Morgan fingerprint density at radius 3 is 2.37 bits per heavy atom. The average Bonchev–Trinajstić information content (AvgIpc) is 2.41. The van der Waals surface area contributed by atoms with E-state index in [0.29, 0.717) is 10.6 Å². The van der Waals surface area contributed by atoms with Crippen LogP contribution in [0.4, 0.5) is 0 Å². The van der Waals surface area contributed by atoms with Crippen molar-refractivity contribution in [1.29, 1.82) is 0 Å². The zero-order chi connectivity index (χ0) is 13.7. The van der Waals surface area contributed by atoms with E-state index in [4.69, 9.17) is 11.6 Å². The maximum Gasteiger partial charge on any atom is 0.271 e. The van der Waals surface area contributed by atoms with Crippen LogP contribution in [0.1, 0.15) is 15.9 Å². The van der Waals surface area contributed by atoms with Gasteiger partial charge in [0.05, 0.1) is 6.21 Å². The molecule has 0 aliphatic rings. The molecule has 1 amide bonds. The van der Waals surface area contributed by atoms with E-state index in [2.05, 4.69) is 26.5 Å². The van der Waals surface area contributed by atoms with Gasteiger partial charge in [0.1, 0.15) is 0 Å². The molecule has 2 aromatic carbocycles. The van der Waals surface area contributed by atoms with Crippen molar-refractivity contribution in [2.24, 2.45) is 5.10 Å². The van der Waals surface area contributed by atoms with Crippen molar-refractivity contribution in [2.75, 3.05) is 0 Å². The van der Waals surface area contributed by atoms with Crippen molar-refractivity contribution in [3.63, 3.8) is 0 Å². The van der Waals surface area contributed by atoms with Crippen LogP contribution >= 0.6 is 27.5 Å². The predicted molar refractivity (Wildman–Crippen MR) is 80.7 cm³/mol. The second kappa shape index (κ2) is 6.50. The molecule has 0 saturated carbocycles. The Morgan fingerprint density at radius 1 is 1.11 bits per heavy atom. The molecule has 1 N–H and O–H groups in total. The molecule has 3 nitrogen and oxygen atoms in total. The Bertz CT molecular complexity index is 594. The van der Waals surface area contributed by atoms with Crippen molar-refractivity contribution >= 4 is 39.7 Å². The molecule has 0 radical (unpaired) electrons. The first-order valence-corrected chi connectivity index (χ1v) is 6.67. The summed E-state index contributed by atoms with van der Waals surface area (Å²) in [6.07, 6.45) is 1.56. The Kier molecular flexibility index (Phi) is 4.71. The minimum atomic E-state index is -0.252. The van der Waals surface area contributed by atoms with Gasteiger partial charge in [-0.2, -0.15) is 5.10 Å². The number of hydrogen-bond acceptors (Lipinski definition) is 2. The third kappa shape index (κ3) is 4.19. The molecule has 0 unspecified atom stereocenters. The van der Waals surface area contributed by atoms with Crippen molar-refractivity contribution in [2.45, 2.75) is 0 Å². The summed E-state index contributed by atoms with van der Waals surface area (Å²) in [4.78, 5) is 11.7. The summed E-state index contributed by atoms with van der Waals surface area (Å²) in [6, 6.07) is 14.2. The standard InChI is InChI=1S/C14H10BrClN2O/c15-12-5-3-11(4-6-12)14(19)18-17-9-10-1-7-13(16)8-2-10/h1-9H,(H,18,19). The van der Waals surface area contributed by atoms with E-state index in [9.17, 15) is 4.79 Å². The summed E-state index contributed by atoms with van der Waals surface area (Å²) >= 11 is 9.08. The summed E-state index contributed by atoms with van der Waals surface area (Å²) < 4.78 is 0.925. The van der Waals surface area contributed by atoms with E-state index in [1.54, 1.807) is 42.6 Å². The lowest BCUT2D eigenvalue weighted by atomic mass is 10.2. The smallest absolute Gasteiger partial charge is 0.267 e. The largest absolute Gasteiger partial charge is 0.271 e. The van der Waals surface area contributed by atoms with Gasteiger partial charge in [-0.25, -0.2) is 5.43 Å². The Labute approximate surface area is 124 Å². The Balaban J connectivity index is 1.96. The van der Waals surface area contributed by atoms with E-state index < -0.39 is 0 Å². The molecule has 5 heteroatoms. The molecule has 0 aromatic heterocycles. The van der Waals surface area contributed by atoms with E-state index in [1.165, 1.54) is 0 Å². The van der Waals surface area contributed by atoms with E-state index >= 15 is 0 Å². The van der Waals surface area contributed by atoms with Crippen LogP contribution in [0.15, 0.2) is 58.1 Å². The Morgan fingerprint density at radius 2 is 1.74 bits per heavy atom. The van der Waals surface area contributed by atoms with Gasteiger partial charge in [0.25, 0.3) is 5.91 Å². The molecule has 0 fully saturated rings. The van der Waals surface area contributed by atoms with Crippen molar-refractivity contribution in [1.82, 2.24) is 5.43 Å². The molecule has 0 heterocycles. The van der Waals surface area contributed by atoms with Gasteiger partial charge in [-0.1, -0.05) is 39.7 Å². The number of carbonyl (C=O) groups excluding carboxylic acids is 1. The quantitative estimate of drug-likeness (QED) is 0.670. The summed E-state index contributed by atoms with van der Waals surface area (Å²) in [7, 11) is 0. The number of benzene rings is 2. The predicted octanol–water partition coefficient (Wildman–Crippen LogP) is 3.87. The third-order valence-corrected chi connectivity index (χ3v) is 3.14. The van der Waals surface area contributed by atoms with Gasteiger partial charge in [-0.3, -0.25) is 4.79 Å². The van der Waals surface area contributed by atoms with Crippen LogP contribution in [-0.4, -0.2) is 12.1 Å². The van der Waals surface area contributed by atoms with Crippen LogP contribution in [0.3, 0.4) is 0 Å². The highest BCUT2D eigenvalue weighted by Crippen LogP contribution is 2.10. The maximum atomic E-state index is 11.7. The van der Waals surface area contributed by atoms with Gasteiger partial charge >= 0.3 is 0 Å². The van der Waals surface area contributed by atoms with Crippen molar-refractivity contribution < 1.29 is 4.79 Å². The number of hydrazone groups is 1. The normalized spacial score (nSPS) is 10.6. The number of carbonyl (C=O) groups is 1. The molecule has 96 valence electrons. The van der Waals surface area contributed by atoms with Crippen LogP contribution in [0.5, 0.6) is 0 Å². The number of nitrogens with one attached hydrogen (secondary N) is 1. The molecule has 0 atom stereocenters. The molecule has 2 aromatic rings. The van der Waals surface area contributed by atoms with Gasteiger partial charge in [-0.05, 0) is 42.0 Å².